The molecule has 0 saturated heterocycles. The molecule has 1 saturated carbocycles. The molecule has 160 valence electrons. The number of carbonyl (C=O) groups excluding carboxylic acids is 3. The topological polar surface area (TPSA) is 93.7 Å². The van der Waals surface area contributed by atoms with Gasteiger partial charge in [0.05, 0.1) is 13.2 Å². The van der Waals surface area contributed by atoms with Gasteiger partial charge in [0, 0.05) is 51.9 Å². The molecule has 0 radical (unpaired) electrons. The Morgan fingerprint density at radius 3 is 2.32 bits per heavy atom. The summed E-state index contributed by atoms with van der Waals surface area (Å²) in [6.07, 6.45) is 0.961. The SMILES string of the molecule is CCOC(=O)SSC(=O)NCC1C(NC(=S)SC(=O)OCC)C(C)CC1(C)C. The summed E-state index contributed by atoms with van der Waals surface area (Å²) in [4.78, 5) is 35.0. The second kappa shape index (κ2) is 12.1. The van der Waals surface area contributed by atoms with Crippen LogP contribution in [0.5, 0.6) is 0 Å². The monoisotopic (exact) mass is 468 g/mol. The van der Waals surface area contributed by atoms with Crippen LogP contribution < -0.4 is 10.6 Å². The number of hydrogen-bond donors (Lipinski definition) is 2. The molecule has 11 heteroatoms. The average Bonchev–Trinajstić information content (AvgIpc) is 2.79. The van der Waals surface area contributed by atoms with Gasteiger partial charge in [0.25, 0.3) is 5.24 Å². The summed E-state index contributed by atoms with van der Waals surface area (Å²) >= 11 is 6.17. The number of thioether (sulfide) groups is 1. The highest BCUT2D eigenvalue weighted by atomic mass is 33.1. The molecule has 1 amide bonds. The van der Waals surface area contributed by atoms with Crippen molar-refractivity contribution in [2.45, 2.75) is 47.1 Å². The van der Waals surface area contributed by atoms with Gasteiger partial charge < -0.3 is 20.1 Å². The summed E-state index contributed by atoms with van der Waals surface area (Å²) in [6, 6.07) is 0.0208. The minimum absolute atomic E-state index is 0.0203. The van der Waals surface area contributed by atoms with Crippen molar-refractivity contribution in [1.82, 2.24) is 10.6 Å². The quantitative estimate of drug-likeness (QED) is 0.324. The molecule has 0 aliphatic heterocycles. The van der Waals surface area contributed by atoms with Gasteiger partial charge in [0.2, 0.25) is 0 Å². The van der Waals surface area contributed by atoms with Crippen molar-refractivity contribution < 1.29 is 23.9 Å². The molecule has 7 nitrogen and oxygen atoms in total. The third-order valence-electron chi connectivity index (χ3n) is 4.54. The molecule has 0 aromatic heterocycles. The maximum atomic E-state index is 12.1. The van der Waals surface area contributed by atoms with Crippen molar-refractivity contribution in [3.63, 3.8) is 0 Å². The van der Waals surface area contributed by atoms with Gasteiger partial charge in [0.1, 0.15) is 4.32 Å². The van der Waals surface area contributed by atoms with E-state index in [0.29, 0.717) is 23.4 Å². The van der Waals surface area contributed by atoms with Crippen molar-refractivity contribution >= 4 is 65.7 Å². The molecule has 0 aromatic rings. The third kappa shape index (κ3) is 8.38. The molecule has 0 spiro atoms. The Morgan fingerprint density at radius 1 is 1.11 bits per heavy atom. The summed E-state index contributed by atoms with van der Waals surface area (Å²) in [7, 11) is 1.59. The molecule has 1 rings (SSSR count). The van der Waals surface area contributed by atoms with Gasteiger partial charge in [-0.05, 0) is 31.6 Å². The summed E-state index contributed by atoms with van der Waals surface area (Å²) in [5.41, 5.74) is -0.0203. The second-order valence-electron chi connectivity index (χ2n) is 7.04. The molecule has 28 heavy (non-hydrogen) atoms. The van der Waals surface area contributed by atoms with Gasteiger partial charge in [0.15, 0.2) is 0 Å². The molecule has 3 atom stereocenters. The number of thiocarbonyl (C=S) groups is 1. The largest absolute Gasteiger partial charge is 0.458 e. The van der Waals surface area contributed by atoms with Crippen molar-refractivity contribution in [2.75, 3.05) is 19.8 Å². The highest BCUT2D eigenvalue weighted by Gasteiger charge is 2.46. The second-order valence-corrected chi connectivity index (χ2v) is 10.7. The number of hydrogen-bond acceptors (Lipinski definition) is 9. The molecule has 0 bridgehead atoms. The van der Waals surface area contributed by atoms with Crippen LogP contribution in [0.15, 0.2) is 0 Å². The summed E-state index contributed by atoms with van der Waals surface area (Å²) < 4.78 is 10.1. The highest BCUT2D eigenvalue weighted by Crippen LogP contribution is 2.46. The lowest BCUT2D eigenvalue weighted by molar-refractivity contribution is 0.181. The molecular formula is C17H28N2O5S4. The molecule has 0 heterocycles. The Labute approximate surface area is 184 Å². The predicted molar refractivity (Wildman–Crippen MR) is 121 cm³/mol. The Hall–Kier alpha value is -0.650. The summed E-state index contributed by atoms with van der Waals surface area (Å²) in [5, 5.41) is 4.93. The van der Waals surface area contributed by atoms with Gasteiger partial charge in [-0.2, -0.15) is 0 Å². The number of ether oxygens (including phenoxy) is 2. The average molecular weight is 469 g/mol. The van der Waals surface area contributed by atoms with Crippen molar-refractivity contribution in [3.8, 4) is 0 Å². The fraction of sp³-hybridized carbons (Fsp3) is 0.765. The van der Waals surface area contributed by atoms with E-state index in [4.69, 9.17) is 21.7 Å². The first-order chi connectivity index (χ1) is 13.1. The standard InChI is InChI=1S/C17H28N2O5S4/c1-6-23-15(21)26-14(25)19-12-10(3)8-17(4,5)11(12)9-18-13(20)27-28-16(22)24-7-2/h10-12H,6-9H2,1-5H3,(H,18,20)(H,19,25). The lowest BCUT2D eigenvalue weighted by Gasteiger charge is -2.32. The van der Waals surface area contributed by atoms with Gasteiger partial charge in [-0.25, -0.2) is 9.59 Å². The smallest absolute Gasteiger partial charge is 0.378 e. The molecule has 2 N–H and O–H groups in total. The van der Waals surface area contributed by atoms with E-state index in [0.717, 1.165) is 39.8 Å². The van der Waals surface area contributed by atoms with Crippen LogP contribution in [0.1, 0.15) is 41.0 Å². The molecular weight excluding hydrogens is 440 g/mol. The minimum atomic E-state index is -0.488. The van der Waals surface area contributed by atoms with E-state index in [-0.39, 0.29) is 29.2 Å². The zero-order valence-electron chi connectivity index (χ0n) is 16.7. The number of nitrogens with one attached hydrogen (secondary N) is 2. The Bertz CT molecular complexity index is 588. The van der Waals surface area contributed by atoms with Crippen LogP contribution in [-0.4, -0.2) is 46.0 Å². The first-order valence-corrected chi connectivity index (χ1v) is 12.4. The summed E-state index contributed by atoms with van der Waals surface area (Å²) in [5.74, 6) is 0.430. The van der Waals surface area contributed by atoms with Gasteiger partial charge in [-0.1, -0.05) is 33.0 Å². The van der Waals surface area contributed by atoms with Crippen LogP contribution in [0.4, 0.5) is 14.4 Å². The number of rotatable bonds is 5. The van der Waals surface area contributed by atoms with E-state index < -0.39 is 10.6 Å². The van der Waals surface area contributed by atoms with Gasteiger partial charge in [-0.15, -0.1) is 0 Å². The zero-order valence-corrected chi connectivity index (χ0v) is 20.0. The van der Waals surface area contributed by atoms with Crippen molar-refractivity contribution in [1.29, 1.82) is 0 Å². The van der Waals surface area contributed by atoms with E-state index in [2.05, 4.69) is 31.4 Å². The van der Waals surface area contributed by atoms with E-state index in [1.165, 1.54) is 0 Å². The fourth-order valence-corrected chi connectivity index (χ4v) is 5.53. The van der Waals surface area contributed by atoms with E-state index in [1.807, 2.05) is 0 Å². The van der Waals surface area contributed by atoms with E-state index >= 15 is 0 Å². The fourth-order valence-electron chi connectivity index (χ4n) is 3.46. The van der Waals surface area contributed by atoms with Gasteiger partial charge in [-0.3, -0.25) is 4.79 Å². The first kappa shape index (κ1) is 25.4. The number of amides is 1. The minimum Gasteiger partial charge on any atom is -0.458 e. The van der Waals surface area contributed by atoms with Crippen molar-refractivity contribution in [2.24, 2.45) is 17.3 Å². The van der Waals surface area contributed by atoms with Crippen LogP contribution in [0.2, 0.25) is 0 Å². The number of carbonyl (C=O) groups is 3. The summed E-state index contributed by atoms with van der Waals surface area (Å²) in [6.45, 7) is 10.9. The Balaban J connectivity index is 2.62. The Morgan fingerprint density at radius 2 is 1.71 bits per heavy atom. The molecule has 3 unspecified atom stereocenters. The van der Waals surface area contributed by atoms with Crippen LogP contribution in [0.3, 0.4) is 0 Å². The third-order valence-corrected chi connectivity index (χ3v) is 7.24. The van der Waals surface area contributed by atoms with E-state index in [1.54, 1.807) is 13.8 Å². The van der Waals surface area contributed by atoms with Crippen LogP contribution >= 0.6 is 45.6 Å². The molecule has 1 aliphatic rings. The molecule has 1 aliphatic carbocycles. The normalized spacial score (nSPS) is 23.0. The molecule has 0 aromatic carbocycles. The lowest BCUT2D eigenvalue weighted by Crippen LogP contribution is -2.46. The van der Waals surface area contributed by atoms with Gasteiger partial charge >= 0.3 is 10.6 Å². The van der Waals surface area contributed by atoms with Crippen LogP contribution in [-0.2, 0) is 9.47 Å². The molecule has 1 fully saturated rings. The maximum absolute atomic E-state index is 12.1. The predicted octanol–water partition coefficient (Wildman–Crippen LogP) is 5.05. The zero-order chi connectivity index (χ0) is 21.3. The Kier molecular flexibility index (Phi) is 11.0. The van der Waals surface area contributed by atoms with E-state index in [9.17, 15) is 14.4 Å². The van der Waals surface area contributed by atoms with Crippen molar-refractivity contribution in [3.05, 3.63) is 0 Å². The first-order valence-electron chi connectivity index (χ1n) is 9.04. The maximum Gasteiger partial charge on any atom is 0.378 e. The van der Waals surface area contributed by atoms with Crippen LogP contribution in [0, 0.1) is 17.3 Å². The van der Waals surface area contributed by atoms with Crippen LogP contribution in [0.25, 0.3) is 0 Å². The lowest BCUT2D eigenvalue weighted by atomic mass is 9.80. The highest BCUT2D eigenvalue weighted by molar-refractivity contribution is 8.87.